The van der Waals surface area contributed by atoms with Crippen LogP contribution >= 0.6 is 0 Å². The minimum atomic E-state index is -0.341. The Balaban J connectivity index is -0.000000186. The second kappa shape index (κ2) is 23.2. The van der Waals surface area contributed by atoms with Gasteiger partial charge in [-0.25, -0.2) is 0 Å². The number of carbonyl (C=O) groups is 3. The monoisotopic (exact) mass is 500 g/mol. The molecule has 212 valence electrons. The van der Waals surface area contributed by atoms with E-state index >= 15 is 0 Å². The Kier molecular flexibility index (Phi) is 27.2. The largest absolute Gasteiger partial charge is 0.460 e. The van der Waals surface area contributed by atoms with E-state index in [4.69, 9.17) is 4.74 Å². The van der Waals surface area contributed by atoms with Gasteiger partial charge in [0.05, 0.1) is 0 Å². The topological polar surface area (TPSA) is 60.4 Å². The van der Waals surface area contributed by atoms with Gasteiger partial charge in [-0.15, -0.1) is 0 Å². The molecule has 0 N–H and O–H groups in total. The lowest BCUT2D eigenvalue weighted by atomic mass is 9.99. The summed E-state index contributed by atoms with van der Waals surface area (Å²) in [6, 6.07) is 0. The highest BCUT2D eigenvalue weighted by atomic mass is 16.6. The quantitative estimate of drug-likeness (QED) is 0.280. The van der Waals surface area contributed by atoms with Crippen molar-refractivity contribution in [1.29, 1.82) is 0 Å². The first kappa shape index (κ1) is 41.0. The van der Waals surface area contributed by atoms with E-state index in [2.05, 4.69) is 41.5 Å². The molecule has 0 aliphatic heterocycles. The zero-order valence-electron chi connectivity index (χ0n) is 26.6. The van der Waals surface area contributed by atoms with Crippen molar-refractivity contribution in [3.05, 3.63) is 0 Å². The van der Waals surface area contributed by atoms with Gasteiger partial charge in [-0.2, -0.15) is 0 Å². The molecule has 0 radical (unpaired) electrons. The molecule has 0 aliphatic carbocycles. The highest BCUT2D eigenvalue weighted by Gasteiger charge is 2.16. The number of ketones is 2. The van der Waals surface area contributed by atoms with Gasteiger partial charge in [0.25, 0.3) is 0 Å². The Hall–Kier alpha value is -1.19. The van der Waals surface area contributed by atoms with E-state index < -0.39 is 0 Å². The third-order valence-corrected chi connectivity index (χ3v) is 4.27. The van der Waals surface area contributed by atoms with Crippen LogP contribution in [0.4, 0.5) is 0 Å². The Bertz CT molecular complexity index is 513. The smallest absolute Gasteiger partial charge is 0.306 e. The summed E-state index contributed by atoms with van der Waals surface area (Å²) in [5.41, 5.74) is -0.341. The van der Waals surface area contributed by atoms with Crippen LogP contribution in [0.2, 0.25) is 0 Å². The molecule has 0 aliphatic rings. The summed E-state index contributed by atoms with van der Waals surface area (Å²) in [4.78, 5) is 32.3. The van der Waals surface area contributed by atoms with Gasteiger partial charge < -0.3 is 9.53 Å². The Morgan fingerprint density at radius 3 is 1.06 bits per heavy atom. The summed E-state index contributed by atoms with van der Waals surface area (Å²) in [6.07, 6.45) is 4.74. The van der Waals surface area contributed by atoms with Crippen LogP contribution in [0.5, 0.6) is 0 Å². The van der Waals surface area contributed by atoms with Crippen molar-refractivity contribution in [2.45, 2.75) is 148 Å². The van der Waals surface area contributed by atoms with E-state index in [1.165, 1.54) is 12.8 Å². The minimum absolute atomic E-state index is 0.104. The van der Waals surface area contributed by atoms with Gasteiger partial charge in [0.1, 0.15) is 17.2 Å². The Morgan fingerprint density at radius 2 is 0.914 bits per heavy atom. The molecule has 0 saturated carbocycles. The molecule has 0 heterocycles. The van der Waals surface area contributed by atoms with Crippen molar-refractivity contribution >= 4 is 17.5 Å². The standard InChI is InChI=1S/C9H18O2.C8H16O.C8H18.C6H12O/c1-7(2)6-8(10)11-9(3,4)5;1-6(2)5-8(9)7(3)4;1-7(2)5-6-8(3)4;1-5(2)4-6(3)7/h7H,6H2,1-5H3;6-7H,5H2,1-4H3;7-8H,5-6H2,1-4H3;5H,4H2,1-3H3. The average molecular weight is 501 g/mol. The first-order valence-electron chi connectivity index (χ1n) is 13.8. The van der Waals surface area contributed by atoms with Crippen molar-refractivity contribution in [2.24, 2.45) is 35.5 Å². The molecule has 0 aromatic carbocycles. The zero-order valence-corrected chi connectivity index (χ0v) is 26.6. The van der Waals surface area contributed by atoms with Crippen molar-refractivity contribution in [3.63, 3.8) is 0 Å². The number of rotatable bonds is 10. The third-order valence-electron chi connectivity index (χ3n) is 4.27. The van der Waals surface area contributed by atoms with Crippen LogP contribution in [0, 0.1) is 35.5 Å². The van der Waals surface area contributed by atoms with Gasteiger partial charge in [0, 0.05) is 25.2 Å². The third kappa shape index (κ3) is 50.6. The molecule has 35 heavy (non-hydrogen) atoms. The van der Waals surface area contributed by atoms with E-state index in [1.54, 1.807) is 6.92 Å². The van der Waals surface area contributed by atoms with Crippen molar-refractivity contribution in [3.8, 4) is 0 Å². The van der Waals surface area contributed by atoms with Gasteiger partial charge in [-0.1, -0.05) is 95.9 Å². The summed E-state index contributed by atoms with van der Waals surface area (Å²) < 4.78 is 5.11. The van der Waals surface area contributed by atoms with Crippen LogP contribution in [0.1, 0.15) is 143 Å². The second-order valence-corrected chi connectivity index (χ2v) is 13.1. The molecule has 0 amide bonds. The summed E-state index contributed by atoms with van der Waals surface area (Å²) >= 11 is 0. The summed E-state index contributed by atoms with van der Waals surface area (Å²) in [7, 11) is 0. The molecule has 0 fully saturated rings. The van der Waals surface area contributed by atoms with Crippen LogP contribution in [0.15, 0.2) is 0 Å². The van der Waals surface area contributed by atoms with Crippen molar-refractivity contribution < 1.29 is 19.1 Å². The molecule has 0 aromatic rings. The van der Waals surface area contributed by atoms with E-state index in [0.29, 0.717) is 30.0 Å². The Labute approximate surface area is 220 Å². The van der Waals surface area contributed by atoms with Crippen molar-refractivity contribution in [2.75, 3.05) is 0 Å². The second-order valence-electron chi connectivity index (χ2n) is 13.1. The van der Waals surface area contributed by atoms with E-state index in [-0.39, 0.29) is 23.3 Å². The molecule has 0 spiro atoms. The normalized spacial score (nSPS) is 11.0. The lowest BCUT2D eigenvalue weighted by Crippen LogP contribution is -2.24. The summed E-state index contributed by atoms with van der Waals surface area (Å²) in [5, 5.41) is 0. The Morgan fingerprint density at radius 1 is 0.571 bits per heavy atom. The van der Waals surface area contributed by atoms with Gasteiger partial charge in [-0.3, -0.25) is 9.59 Å². The predicted octanol–water partition coefficient (Wildman–Crippen LogP) is 9.33. The van der Waals surface area contributed by atoms with Crippen LogP contribution in [-0.4, -0.2) is 23.1 Å². The zero-order chi connectivity index (χ0) is 28.9. The van der Waals surface area contributed by atoms with Gasteiger partial charge in [0.15, 0.2) is 0 Å². The number of ether oxygens (including phenoxy) is 1. The molecule has 0 atom stereocenters. The van der Waals surface area contributed by atoms with Gasteiger partial charge in [-0.05, 0) is 57.3 Å². The molecule has 4 nitrogen and oxygen atoms in total. The van der Waals surface area contributed by atoms with E-state index in [1.807, 2.05) is 62.3 Å². The number of esters is 1. The number of carbonyl (C=O) groups excluding carboxylic acids is 3. The molecule has 0 rings (SSSR count). The molecular weight excluding hydrogens is 436 g/mol. The maximum absolute atomic E-state index is 11.0. The number of Topliss-reactive ketones (excluding diaryl/α,β-unsaturated/α-hetero) is 2. The molecule has 0 bridgehead atoms. The lowest BCUT2D eigenvalue weighted by Gasteiger charge is -2.19. The molecular formula is C31H64O4. The van der Waals surface area contributed by atoms with E-state index in [0.717, 1.165) is 24.7 Å². The number of hydrogen-bond donors (Lipinski definition) is 0. The van der Waals surface area contributed by atoms with Gasteiger partial charge >= 0.3 is 5.97 Å². The molecule has 0 saturated heterocycles. The van der Waals surface area contributed by atoms with Crippen molar-refractivity contribution in [1.82, 2.24) is 0 Å². The maximum Gasteiger partial charge on any atom is 0.306 e. The van der Waals surface area contributed by atoms with Gasteiger partial charge in [0.2, 0.25) is 0 Å². The number of hydrogen-bond acceptors (Lipinski definition) is 4. The summed E-state index contributed by atoms with van der Waals surface area (Å²) in [5.74, 6) is 3.97. The van der Waals surface area contributed by atoms with Crippen LogP contribution < -0.4 is 0 Å². The molecule has 0 aromatic heterocycles. The predicted molar refractivity (Wildman–Crippen MR) is 154 cm³/mol. The first-order chi connectivity index (χ1) is 15.6. The molecule has 0 unspecified atom stereocenters. The first-order valence-corrected chi connectivity index (χ1v) is 13.8. The highest BCUT2D eigenvalue weighted by molar-refractivity contribution is 5.80. The van der Waals surface area contributed by atoms with Crippen LogP contribution in [0.3, 0.4) is 0 Å². The van der Waals surface area contributed by atoms with Crippen LogP contribution in [-0.2, 0) is 19.1 Å². The minimum Gasteiger partial charge on any atom is -0.460 e. The van der Waals surface area contributed by atoms with Crippen LogP contribution in [0.25, 0.3) is 0 Å². The fourth-order valence-corrected chi connectivity index (χ4v) is 2.60. The lowest BCUT2D eigenvalue weighted by molar-refractivity contribution is -0.155. The SMILES string of the molecule is CC(=O)CC(C)C.CC(C)CC(=O)C(C)C.CC(C)CC(=O)OC(C)(C)C.CC(C)CCC(C)C. The maximum atomic E-state index is 11.0. The fraction of sp³-hybridized carbons (Fsp3) is 0.903. The summed E-state index contributed by atoms with van der Waals surface area (Å²) in [6.45, 7) is 32.5. The van der Waals surface area contributed by atoms with E-state index in [9.17, 15) is 14.4 Å². The average Bonchev–Trinajstić information content (AvgIpc) is 2.57. The molecule has 4 heteroatoms. The highest BCUT2D eigenvalue weighted by Crippen LogP contribution is 2.11. The fourth-order valence-electron chi connectivity index (χ4n) is 2.60.